The van der Waals surface area contributed by atoms with Crippen LogP contribution in [0.25, 0.3) is 0 Å². The first-order chi connectivity index (χ1) is 14.8. The molecule has 0 amide bonds. The Morgan fingerprint density at radius 3 is 2.07 bits per heavy atom. The third-order valence-electron chi connectivity index (χ3n) is 6.79. The molecular weight excluding hydrogens is 390 g/mol. The summed E-state index contributed by atoms with van der Waals surface area (Å²) in [5.74, 6) is 0.925. The van der Waals surface area contributed by atoms with Crippen molar-refractivity contribution in [2.45, 2.75) is 37.5 Å². The van der Waals surface area contributed by atoms with Crippen LogP contribution >= 0.6 is 11.6 Å². The van der Waals surface area contributed by atoms with Gasteiger partial charge in [0.2, 0.25) is 0 Å². The second-order valence-electron chi connectivity index (χ2n) is 8.57. The molecule has 0 N–H and O–H groups in total. The SMILES string of the molecule is Clc1cccc(COC2C3CCN(CC3)C2C(c2ccccc2)c2ccccc2)c1. The molecule has 0 radical (unpaired) electrons. The van der Waals surface area contributed by atoms with Gasteiger partial charge in [0.1, 0.15) is 0 Å². The number of hydrogen-bond acceptors (Lipinski definition) is 2. The molecule has 0 aliphatic carbocycles. The highest BCUT2D eigenvalue weighted by atomic mass is 35.5. The normalized spacial score (nSPS) is 25.5. The van der Waals surface area contributed by atoms with Crippen LogP contribution in [0.2, 0.25) is 5.02 Å². The second kappa shape index (κ2) is 8.93. The standard InChI is InChI=1S/C27H28ClNO/c28-24-13-7-8-20(18-24)19-30-27-23-14-16-29(17-15-23)26(27)25(21-9-3-1-4-10-21)22-11-5-2-6-12-22/h1-13,18,23,25-27H,14-17,19H2. The summed E-state index contributed by atoms with van der Waals surface area (Å²) in [6.45, 7) is 2.95. The van der Waals surface area contributed by atoms with Gasteiger partial charge in [-0.05, 0) is 60.7 Å². The van der Waals surface area contributed by atoms with Gasteiger partial charge in [-0.1, -0.05) is 84.4 Å². The molecule has 3 aliphatic heterocycles. The van der Waals surface area contributed by atoms with E-state index in [1.807, 2.05) is 18.2 Å². The number of nitrogens with zero attached hydrogens (tertiary/aromatic N) is 1. The van der Waals surface area contributed by atoms with E-state index in [-0.39, 0.29) is 6.10 Å². The minimum Gasteiger partial charge on any atom is -0.372 e. The van der Waals surface area contributed by atoms with E-state index in [0.717, 1.165) is 10.6 Å². The van der Waals surface area contributed by atoms with Crippen LogP contribution < -0.4 is 0 Å². The third kappa shape index (κ3) is 4.05. The average Bonchev–Trinajstić information content (AvgIpc) is 2.81. The maximum Gasteiger partial charge on any atom is 0.0773 e. The molecule has 0 saturated carbocycles. The molecule has 3 saturated heterocycles. The molecule has 2 nitrogen and oxygen atoms in total. The van der Waals surface area contributed by atoms with Crippen molar-refractivity contribution in [3.63, 3.8) is 0 Å². The zero-order valence-electron chi connectivity index (χ0n) is 17.2. The van der Waals surface area contributed by atoms with Crippen LogP contribution in [-0.2, 0) is 11.3 Å². The summed E-state index contributed by atoms with van der Waals surface area (Å²) in [7, 11) is 0. The van der Waals surface area contributed by atoms with Crippen LogP contribution in [0.3, 0.4) is 0 Å². The Morgan fingerprint density at radius 2 is 1.47 bits per heavy atom. The highest BCUT2D eigenvalue weighted by Gasteiger charge is 2.47. The van der Waals surface area contributed by atoms with Crippen LogP contribution in [0.5, 0.6) is 0 Å². The molecule has 30 heavy (non-hydrogen) atoms. The molecule has 0 spiro atoms. The predicted molar refractivity (Wildman–Crippen MR) is 123 cm³/mol. The quantitative estimate of drug-likeness (QED) is 0.476. The van der Waals surface area contributed by atoms with Crippen molar-refractivity contribution in [1.29, 1.82) is 0 Å². The molecule has 2 bridgehead atoms. The zero-order chi connectivity index (χ0) is 20.3. The van der Waals surface area contributed by atoms with E-state index in [1.165, 1.54) is 37.1 Å². The van der Waals surface area contributed by atoms with Gasteiger partial charge in [-0.3, -0.25) is 4.90 Å². The van der Waals surface area contributed by atoms with E-state index in [2.05, 4.69) is 71.6 Å². The highest BCUT2D eigenvalue weighted by molar-refractivity contribution is 6.30. The molecule has 0 aromatic heterocycles. The van der Waals surface area contributed by atoms with Crippen LogP contribution in [0.15, 0.2) is 84.9 Å². The number of halogens is 1. The van der Waals surface area contributed by atoms with Gasteiger partial charge < -0.3 is 4.74 Å². The molecule has 2 unspecified atom stereocenters. The van der Waals surface area contributed by atoms with Gasteiger partial charge in [-0.25, -0.2) is 0 Å². The molecule has 3 heteroatoms. The molecule has 6 rings (SSSR count). The summed E-state index contributed by atoms with van der Waals surface area (Å²) in [6, 6.07) is 30.3. The van der Waals surface area contributed by atoms with Gasteiger partial charge in [-0.15, -0.1) is 0 Å². The molecule has 3 fully saturated rings. The zero-order valence-corrected chi connectivity index (χ0v) is 17.9. The first-order valence-electron chi connectivity index (χ1n) is 11.0. The minimum atomic E-state index is 0.219. The van der Waals surface area contributed by atoms with Gasteiger partial charge in [0.05, 0.1) is 12.7 Å². The maximum atomic E-state index is 6.69. The van der Waals surface area contributed by atoms with Crippen molar-refractivity contribution in [3.8, 4) is 0 Å². The van der Waals surface area contributed by atoms with Crippen molar-refractivity contribution in [2.24, 2.45) is 5.92 Å². The van der Waals surface area contributed by atoms with Crippen LogP contribution in [0, 0.1) is 5.92 Å². The van der Waals surface area contributed by atoms with E-state index in [1.54, 1.807) is 0 Å². The van der Waals surface area contributed by atoms with E-state index in [9.17, 15) is 0 Å². The molecule has 3 aromatic carbocycles. The van der Waals surface area contributed by atoms with E-state index in [4.69, 9.17) is 16.3 Å². The lowest BCUT2D eigenvalue weighted by molar-refractivity contribution is -0.120. The average molecular weight is 418 g/mol. The van der Waals surface area contributed by atoms with E-state index in [0.29, 0.717) is 24.5 Å². The monoisotopic (exact) mass is 417 g/mol. The summed E-state index contributed by atoms with van der Waals surface area (Å²) in [6.07, 6.45) is 2.68. The summed E-state index contributed by atoms with van der Waals surface area (Å²) in [5, 5.41) is 0.771. The van der Waals surface area contributed by atoms with Gasteiger partial charge in [0.25, 0.3) is 0 Å². The van der Waals surface area contributed by atoms with Crippen molar-refractivity contribution in [3.05, 3.63) is 107 Å². The number of fused-ring (bicyclic) bond motifs is 3. The molecule has 2 atom stereocenters. The largest absolute Gasteiger partial charge is 0.372 e. The van der Waals surface area contributed by atoms with E-state index >= 15 is 0 Å². The fourth-order valence-electron chi connectivity index (χ4n) is 5.39. The lowest BCUT2D eigenvalue weighted by Gasteiger charge is -2.53. The van der Waals surface area contributed by atoms with Crippen LogP contribution in [-0.4, -0.2) is 30.1 Å². The van der Waals surface area contributed by atoms with Crippen LogP contribution in [0.1, 0.15) is 35.4 Å². The van der Waals surface area contributed by atoms with Crippen molar-refractivity contribution in [1.82, 2.24) is 4.90 Å². The number of piperidine rings is 3. The Bertz CT molecular complexity index is 913. The molecule has 3 heterocycles. The Morgan fingerprint density at radius 1 is 0.833 bits per heavy atom. The molecular formula is C27H28ClNO. The van der Waals surface area contributed by atoms with Gasteiger partial charge in [-0.2, -0.15) is 0 Å². The smallest absolute Gasteiger partial charge is 0.0773 e. The van der Waals surface area contributed by atoms with Crippen molar-refractivity contribution < 1.29 is 4.74 Å². The summed E-state index contributed by atoms with van der Waals surface area (Å²) in [4.78, 5) is 2.67. The Labute approximate surface area is 184 Å². The maximum absolute atomic E-state index is 6.69. The van der Waals surface area contributed by atoms with Gasteiger partial charge in [0.15, 0.2) is 0 Å². The third-order valence-corrected chi connectivity index (χ3v) is 7.02. The van der Waals surface area contributed by atoms with Crippen molar-refractivity contribution in [2.75, 3.05) is 13.1 Å². The topological polar surface area (TPSA) is 12.5 Å². The number of rotatable bonds is 6. The number of hydrogen-bond donors (Lipinski definition) is 0. The highest BCUT2D eigenvalue weighted by Crippen LogP contribution is 2.43. The fraction of sp³-hybridized carbons (Fsp3) is 0.333. The predicted octanol–water partition coefficient (Wildman–Crippen LogP) is 6.15. The first kappa shape index (κ1) is 19.8. The summed E-state index contributed by atoms with van der Waals surface area (Å²) in [5.41, 5.74) is 3.89. The lowest BCUT2D eigenvalue weighted by Crippen LogP contribution is -2.60. The van der Waals surface area contributed by atoms with Gasteiger partial charge >= 0.3 is 0 Å². The summed E-state index contributed by atoms with van der Waals surface area (Å²) < 4.78 is 6.69. The number of ether oxygens (including phenoxy) is 1. The summed E-state index contributed by atoms with van der Waals surface area (Å²) >= 11 is 6.20. The molecule has 3 aromatic rings. The Hall–Kier alpha value is -2.13. The van der Waals surface area contributed by atoms with Crippen molar-refractivity contribution >= 4 is 11.6 Å². The van der Waals surface area contributed by atoms with Crippen LogP contribution in [0.4, 0.5) is 0 Å². The Balaban J connectivity index is 1.49. The number of benzene rings is 3. The van der Waals surface area contributed by atoms with Gasteiger partial charge in [0, 0.05) is 17.0 Å². The fourth-order valence-corrected chi connectivity index (χ4v) is 5.61. The van der Waals surface area contributed by atoms with E-state index < -0.39 is 0 Å². The molecule has 154 valence electrons. The lowest BCUT2D eigenvalue weighted by atomic mass is 9.72. The minimum absolute atomic E-state index is 0.219. The first-order valence-corrected chi connectivity index (χ1v) is 11.4. The Kier molecular flexibility index (Phi) is 5.90. The second-order valence-corrected chi connectivity index (χ2v) is 9.01. The molecule has 3 aliphatic rings.